The Morgan fingerprint density at radius 2 is 2.06 bits per heavy atom. The molecule has 2 rings (SSSR count). The van der Waals surface area contributed by atoms with E-state index < -0.39 is 11.6 Å². The van der Waals surface area contributed by atoms with Gasteiger partial charge in [0.1, 0.15) is 0 Å². The van der Waals surface area contributed by atoms with Crippen LogP contribution in [0.3, 0.4) is 0 Å². The third-order valence-electron chi connectivity index (χ3n) is 2.57. The van der Waals surface area contributed by atoms with Gasteiger partial charge in [0.25, 0.3) is 0 Å². The first kappa shape index (κ1) is 12.2. The molecule has 0 saturated heterocycles. The van der Waals surface area contributed by atoms with Gasteiger partial charge in [-0.1, -0.05) is 12.1 Å². The van der Waals surface area contributed by atoms with Gasteiger partial charge in [-0.05, 0) is 36.1 Å². The predicted octanol–water partition coefficient (Wildman–Crippen LogP) is 3.88. The van der Waals surface area contributed by atoms with Crippen LogP contribution >= 0.6 is 11.3 Å². The van der Waals surface area contributed by atoms with Gasteiger partial charge in [0, 0.05) is 17.5 Å². The molecule has 0 aliphatic carbocycles. The van der Waals surface area contributed by atoms with Crippen molar-refractivity contribution in [2.75, 3.05) is 0 Å². The Kier molecular flexibility index (Phi) is 3.86. The second-order valence-corrected chi connectivity index (χ2v) is 4.85. The van der Waals surface area contributed by atoms with Crippen molar-refractivity contribution in [2.45, 2.75) is 19.5 Å². The fraction of sp³-hybridized carbons (Fsp3) is 0.231. The molecule has 0 bridgehead atoms. The van der Waals surface area contributed by atoms with Crippen LogP contribution < -0.4 is 5.32 Å². The highest BCUT2D eigenvalue weighted by Gasteiger charge is 2.07. The molecule has 2 aromatic rings. The van der Waals surface area contributed by atoms with Crippen LogP contribution in [-0.2, 0) is 6.54 Å². The lowest BCUT2D eigenvalue weighted by Gasteiger charge is -2.12. The van der Waals surface area contributed by atoms with Crippen LogP contribution in [0.15, 0.2) is 35.7 Å². The van der Waals surface area contributed by atoms with Crippen LogP contribution in [0.2, 0.25) is 0 Å². The molecule has 1 aromatic carbocycles. The van der Waals surface area contributed by atoms with Gasteiger partial charge in [0.05, 0.1) is 0 Å². The van der Waals surface area contributed by atoms with E-state index in [0.717, 1.165) is 11.6 Å². The molecule has 1 N–H and O–H groups in total. The number of hydrogen-bond donors (Lipinski definition) is 1. The van der Waals surface area contributed by atoms with E-state index in [1.807, 2.05) is 24.4 Å². The Labute approximate surface area is 103 Å². The summed E-state index contributed by atoms with van der Waals surface area (Å²) in [7, 11) is 0. The zero-order valence-corrected chi connectivity index (χ0v) is 10.2. The average molecular weight is 253 g/mol. The summed E-state index contributed by atoms with van der Waals surface area (Å²) in [5.74, 6) is -1.60. The number of hydrogen-bond acceptors (Lipinski definition) is 2. The monoisotopic (exact) mass is 253 g/mol. The average Bonchev–Trinajstić information content (AvgIpc) is 2.84. The van der Waals surface area contributed by atoms with Crippen LogP contribution in [0, 0.1) is 11.6 Å². The molecule has 17 heavy (non-hydrogen) atoms. The highest BCUT2D eigenvalue weighted by molar-refractivity contribution is 7.10. The topological polar surface area (TPSA) is 12.0 Å². The second kappa shape index (κ2) is 5.38. The molecule has 0 aliphatic rings. The molecular weight excluding hydrogens is 240 g/mol. The minimum atomic E-state index is -0.806. The van der Waals surface area contributed by atoms with Crippen molar-refractivity contribution >= 4 is 11.3 Å². The summed E-state index contributed by atoms with van der Waals surface area (Å²) < 4.78 is 25.7. The molecule has 1 nitrogen and oxygen atoms in total. The van der Waals surface area contributed by atoms with Crippen LogP contribution in [-0.4, -0.2) is 0 Å². The lowest BCUT2D eigenvalue weighted by Crippen LogP contribution is -2.17. The highest BCUT2D eigenvalue weighted by Crippen LogP contribution is 2.18. The number of nitrogens with one attached hydrogen (secondary N) is 1. The van der Waals surface area contributed by atoms with E-state index in [1.54, 1.807) is 17.4 Å². The van der Waals surface area contributed by atoms with E-state index in [-0.39, 0.29) is 6.04 Å². The minimum Gasteiger partial charge on any atom is -0.305 e. The number of thiophene rings is 1. The van der Waals surface area contributed by atoms with Crippen molar-refractivity contribution in [3.05, 3.63) is 57.8 Å². The van der Waals surface area contributed by atoms with E-state index in [2.05, 4.69) is 5.32 Å². The molecule has 1 aromatic heterocycles. The summed E-state index contributed by atoms with van der Waals surface area (Å²) >= 11 is 1.68. The maximum atomic E-state index is 13.0. The molecule has 0 unspecified atom stereocenters. The Hall–Kier alpha value is -1.26. The van der Waals surface area contributed by atoms with Crippen molar-refractivity contribution in [2.24, 2.45) is 0 Å². The van der Waals surface area contributed by atoms with Crippen LogP contribution in [0.1, 0.15) is 23.4 Å². The Morgan fingerprint density at radius 1 is 1.24 bits per heavy atom. The maximum Gasteiger partial charge on any atom is 0.159 e. The number of halogens is 2. The lowest BCUT2D eigenvalue weighted by molar-refractivity contribution is 0.504. The Morgan fingerprint density at radius 3 is 2.71 bits per heavy atom. The largest absolute Gasteiger partial charge is 0.305 e. The Balaban J connectivity index is 1.96. The molecule has 90 valence electrons. The molecule has 0 aliphatic heterocycles. The van der Waals surface area contributed by atoms with E-state index in [4.69, 9.17) is 0 Å². The van der Waals surface area contributed by atoms with Crippen LogP contribution in [0.4, 0.5) is 8.78 Å². The third-order valence-corrected chi connectivity index (χ3v) is 3.62. The Bertz CT molecular complexity index is 482. The molecule has 0 saturated carbocycles. The van der Waals surface area contributed by atoms with Crippen molar-refractivity contribution in [1.29, 1.82) is 0 Å². The van der Waals surface area contributed by atoms with E-state index >= 15 is 0 Å². The summed E-state index contributed by atoms with van der Waals surface area (Å²) in [5.41, 5.74) is 0.743. The molecular formula is C13H13F2NS. The summed E-state index contributed by atoms with van der Waals surface area (Å²) in [6.07, 6.45) is 0. The van der Waals surface area contributed by atoms with Gasteiger partial charge >= 0.3 is 0 Å². The molecule has 0 amide bonds. The zero-order valence-electron chi connectivity index (χ0n) is 9.41. The SMILES string of the molecule is C[C@@H](NCc1ccc(F)c(F)c1)c1cccs1. The number of rotatable bonds is 4. The van der Waals surface area contributed by atoms with Gasteiger partial charge in [-0.15, -0.1) is 11.3 Å². The molecule has 0 spiro atoms. The third kappa shape index (κ3) is 3.11. The van der Waals surface area contributed by atoms with Gasteiger partial charge in [0.2, 0.25) is 0 Å². The summed E-state index contributed by atoms with van der Waals surface area (Å²) in [5, 5.41) is 5.29. The van der Waals surface area contributed by atoms with Crippen molar-refractivity contribution < 1.29 is 8.78 Å². The zero-order chi connectivity index (χ0) is 12.3. The van der Waals surface area contributed by atoms with Crippen molar-refractivity contribution in [3.8, 4) is 0 Å². The van der Waals surface area contributed by atoms with E-state index in [9.17, 15) is 8.78 Å². The molecule has 0 radical (unpaired) electrons. The molecule has 4 heteroatoms. The fourth-order valence-electron chi connectivity index (χ4n) is 1.56. The number of benzene rings is 1. The predicted molar refractivity (Wildman–Crippen MR) is 65.9 cm³/mol. The van der Waals surface area contributed by atoms with E-state index in [1.165, 1.54) is 10.9 Å². The first-order valence-electron chi connectivity index (χ1n) is 5.37. The fourth-order valence-corrected chi connectivity index (χ4v) is 2.32. The van der Waals surface area contributed by atoms with Gasteiger partial charge in [-0.3, -0.25) is 0 Å². The minimum absolute atomic E-state index is 0.211. The first-order chi connectivity index (χ1) is 8.16. The van der Waals surface area contributed by atoms with E-state index in [0.29, 0.717) is 6.54 Å². The highest BCUT2D eigenvalue weighted by atomic mass is 32.1. The van der Waals surface area contributed by atoms with Crippen molar-refractivity contribution in [1.82, 2.24) is 5.32 Å². The second-order valence-electron chi connectivity index (χ2n) is 3.87. The van der Waals surface area contributed by atoms with Gasteiger partial charge in [-0.25, -0.2) is 8.78 Å². The maximum absolute atomic E-state index is 13.0. The molecule has 1 heterocycles. The normalized spacial score (nSPS) is 12.6. The van der Waals surface area contributed by atoms with Crippen LogP contribution in [0.25, 0.3) is 0 Å². The van der Waals surface area contributed by atoms with Crippen molar-refractivity contribution in [3.63, 3.8) is 0 Å². The summed E-state index contributed by atoms with van der Waals surface area (Å²) in [4.78, 5) is 1.23. The quantitative estimate of drug-likeness (QED) is 0.872. The standard InChI is InChI=1S/C13H13F2NS/c1-9(13-3-2-6-17-13)16-8-10-4-5-11(14)12(15)7-10/h2-7,9,16H,8H2,1H3/t9-/m1/s1. The van der Waals surface area contributed by atoms with Gasteiger partial charge < -0.3 is 5.32 Å². The molecule has 0 fully saturated rings. The van der Waals surface area contributed by atoms with Gasteiger partial charge in [-0.2, -0.15) is 0 Å². The van der Waals surface area contributed by atoms with Gasteiger partial charge in [0.15, 0.2) is 11.6 Å². The molecule has 1 atom stereocenters. The lowest BCUT2D eigenvalue weighted by atomic mass is 10.2. The summed E-state index contributed by atoms with van der Waals surface area (Å²) in [6.45, 7) is 2.57. The van der Waals surface area contributed by atoms with Crippen LogP contribution in [0.5, 0.6) is 0 Å². The summed E-state index contributed by atoms with van der Waals surface area (Å²) in [6, 6.07) is 8.23. The smallest absolute Gasteiger partial charge is 0.159 e. The first-order valence-corrected chi connectivity index (χ1v) is 6.25.